The number of esters is 3. The fraction of sp³-hybridized carbons (Fsp3) is 0.309. The first-order valence-corrected chi connectivity index (χ1v) is 30.7. The molecule has 0 saturated heterocycles. The number of ether oxygens (including phenoxy) is 6. The highest BCUT2D eigenvalue weighted by atomic mass is 127. The van der Waals surface area contributed by atoms with Gasteiger partial charge in [0.05, 0.1) is 41.7 Å². The minimum atomic E-state index is -1.00. The van der Waals surface area contributed by atoms with E-state index in [1.54, 1.807) is 12.3 Å². The van der Waals surface area contributed by atoms with Crippen molar-refractivity contribution in [2.75, 3.05) is 39.2 Å². The first-order valence-electron chi connectivity index (χ1n) is 27.4. The van der Waals surface area contributed by atoms with Crippen molar-refractivity contribution < 1.29 is 58.5 Å². The van der Waals surface area contributed by atoms with E-state index >= 15 is 0 Å². The molecule has 0 spiro atoms. The Balaban J connectivity index is 0.00000106. The number of carbonyl (C=O) groups excluding carboxylic acids is 4. The summed E-state index contributed by atoms with van der Waals surface area (Å²) in [6.07, 6.45) is 2.77. The lowest BCUT2D eigenvalue weighted by atomic mass is 10.00. The number of alkyl halides is 2. The maximum absolute atomic E-state index is 11.5. The van der Waals surface area contributed by atoms with Crippen molar-refractivity contribution in [3.63, 3.8) is 0 Å². The Hall–Kier alpha value is -6.76. The van der Waals surface area contributed by atoms with Crippen molar-refractivity contribution in [2.45, 2.75) is 87.2 Å². The molecule has 86 heavy (non-hydrogen) atoms. The smallest absolute Gasteiger partial charge is 0.322 e. The third kappa shape index (κ3) is 34.4. The summed E-state index contributed by atoms with van der Waals surface area (Å²) in [6.45, 7) is 14.5. The summed E-state index contributed by atoms with van der Waals surface area (Å²) in [7, 11) is 3.17. The zero-order valence-electron chi connectivity index (χ0n) is 51.8. The number of aryl methyl sites for hydroxylation is 4. The summed E-state index contributed by atoms with van der Waals surface area (Å²) < 4.78 is 49.7. The summed E-state index contributed by atoms with van der Waals surface area (Å²) in [5.74, 6) is 1.65. The highest BCUT2D eigenvalue weighted by Crippen LogP contribution is 2.26. The molecule has 13 nitrogen and oxygen atoms in total. The number of hydrogen-bond acceptors (Lipinski definition) is 14. The minimum Gasteiger partial charge on any atom is -0.508 e. The molecular formula is C68H82Br2FIN2O11S. The molecule has 0 bridgehead atoms. The van der Waals surface area contributed by atoms with Gasteiger partial charge in [0.25, 0.3) is 0 Å². The molecule has 7 aromatic rings. The molecule has 0 heterocycles. The number of methoxy groups -OCH3 is 3. The number of phenolic OH excluding ortho intramolecular Hbond substituents is 1. The van der Waals surface area contributed by atoms with Crippen LogP contribution in [0.25, 0.3) is 0 Å². The number of nitrogens with two attached hydrogens (primary N) is 1. The van der Waals surface area contributed by atoms with Crippen molar-refractivity contribution in [1.29, 1.82) is 5.26 Å². The van der Waals surface area contributed by atoms with E-state index in [-0.39, 0.29) is 23.8 Å². The van der Waals surface area contributed by atoms with Crippen LogP contribution < -0.4 is 19.9 Å². The van der Waals surface area contributed by atoms with E-state index in [1.165, 1.54) is 39.9 Å². The van der Waals surface area contributed by atoms with Crippen LogP contribution in [0.1, 0.15) is 72.2 Å². The van der Waals surface area contributed by atoms with Gasteiger partial charge in [0.2, 0.25) is 5.78 Å². The van der Waals surface area contributed by atoms with Gasteiger partial charge >= 0.3 is 17.9 Å². The van der Waals surface area contributed by atoms with Crippen LogP contribution in [0.15, 0.2) is 173 Å². The standard InChI is InChI=1S/C19H22O3.C18H21NO3.C14H13BrO.C7H7BrO.C5H9IO2.C3H3NO.CH3F.CH4S/c1-14-9-10-17(11-15(2)19(20)21-3)12-18(14)22-13-16-7-5-4-6-8-16;1-13-8-9-15(10-16(19)18(20)21-2)11-17(13)22-12-14-6-4-3-5-7-14;1-11-7-8-13(15)9-14(11)16-10-12-5-3-2-4-6-12;1-5-2-3-6(8)4-7(5)9;1-4(3-6)5(7)8-2;1-3(5)2-4;2*1-2/h4-10,12,15H,11,13H2,1-3H3;3-9,11,16H,10,12,19H2,1-2H3;2-9H,10H2,1H3;2-4,9H,1H3;4H,3H2,1-2H3;1H3;1H3;2H,1H3/t15-;16-;;;4-;;;/m00..0.../s1/i;;;;;;1D;. The van der Waals surface area contributed by atoms with E-state index in [2.05, 4.69) is 88.7 Å². The highest BCUT2D eigenvalue weighted by Gasteiger charge is 2.16. The van der Waals surface area contributed by atoms with Crippen LogP contribution >= 0.6 is 67.1 Å². The van der Waals surface area contributed by atoms with Gasteiger partial charge in [0.15, 0.2) is 0 Å². The fourth-order valence-electron chi connectivity index (χ4n) is 6.76. The SMILES string of the molecule is CC(=O)C#N.COC(=O)[C@@H](C)CI.COC(=O)[C@@H](C)Cc1ccc(C)c(OCc2ccccc2)c1.COC(=O)[C@@H](N)Cc1ccc(C)c(OCc2ccccc2)c1.CS.Cc1ccc(Br)cc1O.Cc1ccc(Br)cc1OCc1ccccc1.[2H]CF. The molecule has 7 rings (SSSR count). The summed E-state index contributed by atoms with van der Waals surface area (Å²) in [5, 5.41) is 16.6. The molecule has 0 aliphatic carbocycles. The number of rotatable bonds is 17. The molecule has 0 fully saturated rings. The van der Waals surface area contributed by atoms with Gasteiger partial charge in [-0.25, -0.2) is 0 Å². The number of hydrogen-bond donors (Lipinski definition) is 3. The van der Waals surface area contributed by atoms with Crippen molar-refractivity contribution in [2.24, 2.45) is 17.6 Å². The number of phenols is 1. The van der Waals surface area contributed by atoms with Gasteiger partial charge in [-0.3, -0.25) is 23.6 Å². The molecule has 0 aromatic heterocycles. The van der Waals surface area contributed by atoms with Gasteiger partial charge in [0.1, 0.15) is 54.9 Å². The molecule has 18 heteroatoms. The molecule has 0 unspecified atom stereocenters. The lowest BCUT2D eigenvalue weighted by Gasteiger charge is -2.13. The predicted octanol–water partition coefficient (Wildman–Crippen LogP) is 15.8. The number of nitriles is 1. The van der Waals surface area contributed by atoms with E-state index < -0.39 is 24.9 Å². The summed E-state index contributed by atoms with van der Waals surface area (Å²) in [5.41, 5.74) is 15.4. The number of Topliss-reactive ketones (excluding diaryl/α,β-unsaturated/α-hetero) is 1. The Bertz CT molecular complexity index is 3000. The first-order chi connectivity index (χ1) is 41.5. The average Bonchev–Trinajstić information content (AvgIpc) is 3.63. The first kappa shape index (κ1) is 77.3. The average molecular weight is 1440 g/mol. The predicted molar refractivity (Wildman–Crippen MR) is 361 cm³/mol. The number of carbonyl (C=O) groups is 4. The Labute approximate surface area is 546 Å². The third-order valence-electron chi connectivity index (χ3n) is 11.6. The number of ketones is 1. The monoisotopic (exact) mass is 1440 g/mol. The largest absolute Gasteiger partial charge is 0.508 e. The molecule has 0 radical (unpaired) electrons. The van der Waals surface area contributed by atoms with E-state index in [0.717, 1.165) is 75.1 Å². The van der Waals surface area contributed by atoms with Crippen molar-refractivity contribution in [1.82, 2.24) is 0 Å². The van der Waals surface area contributed by atoms with E-state index in [9.17, 15) is 23.6 Å². The Morgan fingerprint density at radius 3 is 1.22 bits per heavy atom. The van der Waals surface area contributed by atoms with Crippen LogP contribution in [0.2, 0.25) is 0 Å². The summed E-state index contributed by atoms with van der Waals surface area (Å²) in [4.78, 5) is 42.9. The zero-order chi connectivity index (χ0) is 65.7. The topological polar surface area (TPSA) is 194 Å². The van der Waals surface area contributed by atoms with Gasteiger partial charge in [-0.1, -0.05) is 196 Å². The van der Waals surface area contributed by atoms with Crippen LogP contribution in [-0.2, 0) is 66.1 Å². The van der Waals surface area contributed by atoms with Crippen LogP contribution in [-0.4, -0.2) is 74.0 Å². The number of aromatic hydroxyl groups is 1. The minimum absolute atomic E-state index is 0.0422. The quantitative estimate of drug-likeness (QED) is 0.0195. The number of halogens is 4. The fourth-order valence-corrected chi connectivity index (χ4v) is 7.81. The van der Waals surface area contributed by atoms with Gasteiger partial charge < -0.3 is 39.3 Å². The second kappa shape index (κ2) is 47.4. The maximum atomic E-state index is 11.5. The van der Waals surface area contributed by atoms with Gasteiger partial charge in [-0.15, -0.1) is 0 Å². The van der Waals surface area contributed by atoms with Crippen LogP contribution in [0.4, 0.5) is 4.39 Å². The molecule has 0 amide bonds. The number of thiol groups is 1. The van der Waals surface area contributed by atoms with Gasteiger partial charge in [-0.05, 0) is 133 Å². The van der Waals surface area contributed by atoms with E-state index in [4.69, 9.17) is 36.4 Å². The molecule has 0 aliphatic heterocycles. The maximum Gasteiger partial charge on any atom is 0.322 e. The normalized spacial score (nSPS) is 10.7. The van der Waals surface area contributed by atoms with Crippen LogP contribution in [0.3, 0.4) is 0 Å². The van der Waals surface area contributed by atoms with Crippen molar-refractivity contribution in [3.8, 4) is 29.1 Å². The Morgan fingerprint density at radius 1 is 0.570 bits per heavy atom. The lowest BCUT2D eigenvalue weighted by Crippen LogP contribution is -2.33. The van der Waals surface area contributed by atoms with Crippen molar-refractivity contribution >= 4 is 90.8 Å². The second-order valence-electron chi connectivity index (χ2n) is 18.6. The Kier molecular flexibility index (Phi) is 42.6. The van der Waals surface area contributed by atoms with Crippen LogP contribution in [0.5, 0.6) is 23.0 Å². The second-order valence-corrected chi connectivity index (χ2v) is 21.3. The molecule has 7 aromatic carbocycles. The highest BCUT2D eigenvalue weighted by molar-refractivity contribution is 14.1. The molecular weight excluding hydrogens is 1360 g/mol. The Morgan fingerprint density at radius 2 is 0.895 bits per heavy atom. The van der Waals surface area contributed by atoms with Crippen molar-refractivity contribution in [3.05, 3.63) is 223 Å². The summed E-state index contributed by atoms with van der Waals surface area (Å²) in [6, 6.07) is 54.4. The van der Waals surface area contributed by atoms with E-state index in [1.807, 2.05) is 187 Å². The number of nitrogens with zero attached hydrogens (tertiary/aromatic N) is 1. The molecule has 464 valence electrons. The van der Waals surface area contributed by atoms with Crippen LogP contribution in [0, 0.1) is 50.9 Å². The molecule has 0 aliphatic rings. The van der Waals surface area contributed by atoms with Gasteiger partial charge in [-0.2, -0.15) is 17.9 Å². The summed E-state index contributed by atoms with van der Waals surface area (Å²) >= 11 is 12.4. The molecule has 3 atom stereocenters. The molecule has 3 N–H and O–H groups in total. The lowest BCUT2D eigenvalue weighted by molar-refractivity contribution is -0.145. The van der Waals surface area contributed by atoms with Gasteiger partial charge in [0, 0.05) is 20.3 Å². The van der Waals surface area contributed by atoms with E-state index in [0.29, 0.717) is 38.4 Å². The number of benzene rings is 7. The zero-order valence-corrected chi connectivity index (χ0v) is 57.0. The third-order valence-corrected chi connectivity index (χ3v) is 13.9. The molecule has 0 saturated carbocycles.